The monoisotopic (exact) mass is 902 g/mol. The smallest absolute Gasteiger partial charge is 0.387 e. The van der Waals surface area contributed by atoms with E-state index in [4.69, 9.17) is 9.05 Å². The Morgan fingerprint density at radius 1 is 0.556 bits per heavy atom. The van der Waals surface area contributed by atoms with Gasteiger partial charge in [0.25, 0.3) is 0 Å². The number of unbranched alkanes of at least 4 members (excludes halogenated alkanes) is 20. The number of hydrogen-bond acceptors (Lipinski definition) is 5. The highest BCUT2D eigenvalue weighted by molar-refractivity contribution is 7.47. The molecule has 0 aliphatic heterocycles. The largest absolute Gasteiger partial charge is 0.472 e. The van der Waals surface area contributed by atoms with Crippen molar-refractivity contribution >= 4 is 13.7 Å². The molecule has 0 rings (SSSR count). The molecule has 0 saturated heterocycles. The van der Waals surface area contributed by atoms with Crippen LogP contribution in [0, 0.1) is 0 Å². The van der Waals surface area contributed by atoms with Crippen LogP contribution in [0.25, 0.3) is 0 Å². The molecular weight excluding hydrogens is 804 g/mol. The third kappa shape index (κ3) is 47.5. The molecule has 9 heteroatoms. The number of phosphoric acid groups is 1. The van der Waals surface area contributed by atoms with E-state index in [9.17, 15) is 19.4 Å². The number of amides is 1. The topological polar surface area (TPSA) is 105 Å². The summed E-state index contributed by atoms with van der Waals surface area (Å²) in [6.45, 7) is 4.66. The molecule has 0 radical (unpaired) electrons. The Morgan fingerprint density at radius 2 is 0.968 bits per heavy atom. The molecule has 0 saturated carbocycles. The van der Waals surface area contributed by atoms with Crippen LogP contribution in [-0.2, 0) is 18.4 Å². The van der Waals surface area contributed by atoms with Gasteiger partial charge >= 0.3 is 7.82 Å². The number of likely N-dealkylation sites (N-methyl/N-ethyl adjacent to an activating group) is 1. The van der Waals surface area contributed by atoms with Crippen LogP contribution in [0.4, 0.5) is 0 Å². The van der Waals surface area contributed by atoms with E-state index in [1.165, 1.54) is 103 Å². The van der Waals surface area contributed by atoms with Gasteiger partial charge in [-0.2, -0.15) is 0 Å². The van der Waals surface area contributed by atoms with Gasteiger partial charge in [0.1, 0.15) is 13.2 Å². The minimum atomic E-state index is -4.36. The molecule has 63 heavy (non-hydrogen) atoms. The van der Waals surface area contributed by atoms with E-state index in [0.717, 1.165) is 77.0 Å². The number of phosphoric ester groups is 1. The maximum Gasteiger partial charge on any atom is 0.472 e. The Balaban J connectivity index is 4.39. The number of hydrogen-bond donors (Lipinski definition) is 3. The number of nitrogens with zero attached hydrogens (tertiary/aromatic N) is 1. The van der Waals surface area contributed by atoms with Crippen LogP contribution in [-0.4, -0.2) is 73.4 Å². The summed E-state index contributed by atoms with van der Waals surface area (Å²) >= 11 is 0. The molecule has 3 unspecified atom stereocenters. The molecule has 0 bridgehead atoms. The first kappa shape index (κ1) is 60.7. The summed E-state index contributed by atoms with van der Waals surface area (Å²) < 4.78 is 23.6. The highest BCUT2D eigenvalue weighted by Crippen LogP contribution is 2.43. The quantitative estimate of drug-likeness (QED) is 0.0243. The zero-order valence-corrected chi connectivity index (χ0v) is 42.2. The van der Waals surface area contributed by atoms with E-state index < -0.39 is 20.0 Å². The Kier molecular flexibility index (Phi) is 43.2. The molecular formula is C54H98N2O6P+. The molecule has 0 aromatic rings. The SMILES string of the molecule is CC/C=C\C/C=C\C/C=C\C/C=C\CCCCCCCCCCCCC(=O)NC(COP(=O)(O)OCC[N+](C)(C)C)C(O)/C=C/CC/C=C/CC/C=C/CCCCCCCCCC. The molecule has 0 aliphatic carbocycles. The van der Waals surface area contributed by atoms with Crippen molar-refractivity contribution < 1.29 is 32.9 Å². The van der Waals surface area contributed by atoms with Crippen molar-refractivity contribution in [2.75, 3.05) is 40.9 Å². The lowest BCUT2D eigenvalue weighted by Gasteiger charge is -2.25. The predicted molar refractivity (Wildman–Crippen MR) is 272 cm³/mol. The van der Waals surface area contributed by atoms with Gasteiger partial charge in [0.15, 0.2) is 0 Å². The summed E-state index contributed by atoms with van der Waals surface area (Å²) in [5, 5.41) is 13.9. The minimum Gasteiger partial charge on any atom is -0.387 e. The highest BCUT2D eigenvalue weighted by Gasteiger charge is 2.27. The van der Waals surface area contributed by atoms with E-state index in [0.29, 0.717) is 17.4 Å². The first-order valence-corrected chi connectivity index (χ1v) is 27.0. The lowest BCUT2D eigenvalue weighted by Crippen LogP contribution is -2.45. The Hall–Kier alpha value is -2.32. The van der Waals surface area contributed by atoms with E-state index in [1.807, 2.05) is 27.2 Å². The van der Waals surface area contributed by atoms with Crippen molar-refractivity contribution in [2.45, 2.75) is 212 Å². The molecule has 0 aliphatic rings. The lowest BCUT2D eigenvalue weighted by atomic mass is 10.0. The Labute approximate surface area is 388 Å². The average molecular weight is 902 g/mol. The lowest BCUT2D eigenvalue weighted by molar-refractivity contribution is -0.870. The van der Waals surface area contributed by atoms with Crippen LogP contribution in [0.5, 0.6) is 0 Å². The second-order valence-electron chi connectivity index (χ2n) is 18.1. The number of aliphatic hydroxyl groups is 1. The summed E-state index contributed by atoms with van der Waals surface area (Å²) in [4.78, 5) is 23.2. The fourth-order valence-electron chi connectivity index (χ4n) is 6.83. The third-order valence-corrected chi connectivity index (χ3v) is 11.8. The summed E-state index contributed by atoms with van der Waals surface area (Å²) in [6.07, 6.45) is 62.3. The van der Waals surface area contributed by atoms with E-state index in [2.05, 4.69) is 92.1 Å². The second kappa shape index (κ2) is 44.9. The molecule has 364 valence electrons. The van der Waals surface area contributed by atoms with Gasteiger partial charge < -0.3 is 19.8 Å². The Bertz CT molecular complexity index is 1300. The molecule has 0 spiro atoms. The standard InChI is InChI=1S/C54H97N2O6P/c1-6-8-10-12-14-16-18-20-22-24-26-27-28-29-30-32-34-36-38-40-42-44-46-48-54(58)55-52(51-62-63(59,60)61-50-49-56(3,4)5)53(57)47-45-43-41-39-37-35-33-31-25-23-21-19-17-15-13-11-9-7-2/h8,10,14,16,20,22,25-27,31,37,39,45,47,52-53,57H,6-7,9,11-13,15,17-19,21,23-24,28-30,32-36,38,40-44,46,48-51H2,1-5H3,(H-,55,58,59,60)/p+1/b10-8-,16-14-,22-20-,27-26-,31-25+,39-37+,47-45+. The van der Waals surface area contributed by atoms with Crippen molar-refractivity contribution in [3.05, 3.63) is 85.1 Å². The van der Waals surface area contributed by atoms with Gasteiger partial charge in [-0.3, -0.25) is 13.8 Å². The molecule has 0 aromatic heterocycles. The van der Waals surface area contributed by atoms with Gasteiger partial charge in [0.05, 0.1) is 39.9 Å². The third-order valence-electron chi connectivity index (χ3n) is 10.8. The molecule has 3 atom stereocenters. The molecule has 0 heterocycles. The second-order valence-corrected chi connectivity index (χ2v) is 19.6. The maximum atomic E-state index is 12.9. The van der Waals surface area contributed by atoms with Gasteiger partial charge in [-0.05, 0) is 83.5 Å². The molecule has 8 nitrogen and oxygen atoms in total. The molecule has 1 amide bonds. The summed E-state index contributed by atoms with van der Waals surface area (Å²) in [5.41, 5.74) is 0. The number of quaternary nitrogens is 1. The van der Waals surface area contributed by atoms with Crippen molar-refractivity contribution in [3.8, 4) is 0 Å². The van der Waals surface area contributed by atoms with Gasteiger partial charge in [0, 0.05) is 6.42 Å². The molecule has 0 aromatic carbocycles. The maximum absolute atomic E-state index is 12.9. The van der Waals surface area contributed by atoms with Crippen LogP contribution in [0.2, 0.25) is 0 Å². The van der Waals surface area contributed by atoms with Gasteiger partial charge in [0.2, 0.25) is 5.91 Å². The minimum absolute atomic E-state index is 0.0487. The van der Waals surface area contributed by atoms with E-state index >= 15 is 0 Å². The summed E-state index contributed by atoms with van der Waals surface area (Å²) in [7, 11) is 1.53. The number of carbonyl (C=O) groups is 1. The first-order chi connectivity index (χ1) is 30.5. The predicted octanol–water partition coefficient (Wildman–Crippen LogP) is 14.9. The van der Waals surface area contributed by atoms with E-state index in [1.54, 1.807) is 6.08 Å². The zero-order chi connectivity index (χ0) is 46.4. The molecule has 3 N–H and O–H groups in total. The number of aliphatic hydroxyl groups excluding tert-OH is 1. The fraction of sp³-hybridized carbons (Fsp3) is 0.722. The first-order valence-electron chi connectivity index (χ1n) is 25.5. The highest BCUT2D eigenvalue weighted by atomic mass is 31.2. The van der Waals surface area contributed by atoms with E-state index in [-0.39, 0.29) is 19.1 Å². The average Bonchev–Trinajstić information content (AvgIpc) is 3.24. The fourth-order valence-corrected chi connectivity index (χ4v) is 7.56. The van der Waals surface area contributed by atoms with Crippen LogP contribution >= 0.6 is 7.82 Å². The van der Waals surface area contributed by atoms with Gasteiger partial charge in [-0.25, -0.2) is 4.57 Å². The number of carbonyl (C=O) groups excluding carboxylic acids is 1. The number of allylic oxidation sites excluding steroid dienone is 13. The Morgan fingerprint density at radius 3 is 1.46 bits per heavy atom. The molecule has 0 fully saturated rings. The van der Waals surface area contributed by atoms with Crippen molar-refractivity contribution in [1.82, 2.24) is 5.32 Å². The van der Waals surface area contributed by atoms with Gasteiger partial charge in [-0.15, -0.1) is 0 Å². The van der Waals surface area contributed by atoms with Crippen LogP contribution in [0.3, 0.4) is 0 Å². The van der Waals surface area contributed by atoms with Crippen molar-refractivity contribution in [1.29, 1.82) is 0 Å². The van der Waals surface area contributed by atoms with Gasteiger partial charge in [-0.1, -0.05) is 195 Å². The van der Waals surface area contributed by atoms with Crippen LogP contribution in [0.15, 0.2) is 85.1 Å². The summed E-state index contributed by atoms with van der Waals surface area (Å²) in [6, 6.07) is -0.877. The normalized spacial score (nSPS) is 14.8. The van der Waals surface area contributed by atoms with Crippen LogP contribution in [0.1, 0.15) is 200 Å². The number of rotatable bonds is 45. The number of nitrogens with one attached hydrogen (secondary N) is 1. The summed E-state index contributed by atoms with van der Waals surface area (Å²) in [5.74, 6) is -0.199. The van der Waals surface area contributed by atoms with Crippen LogP contribution < -0.4 is 5.32 Å². The van der Waals surface area contributed by atoms with Crippen molar-refractivity contribution in [2.24, 2.45) is 0 Å². The zero-order valence-electron chi connectivity index (χ0n) is 41.3. The van der Waals surface area contributed by atoms with Crippen molar-refractivity contribution in [3.63, 3.8) is 0 Å².